The first-order valence-electron chi connectivity index (χ1n) is 7.58. The smallest absolute Gasteiger partial charge is 0.0595 e. The number of nitrogens with one attached hydrogen (secondary N) is 1. The Bertz CT molecular complexity index is 464. The summed E-state index contributed by atoms with van der Waals surface area (Å²) < 4.78 is 0. The third kappa shape index (κ3) is 3.30. The van der Waals surface area contributed by atoms with Gasteiger partial charge in [0.15, 0.2) is 0 Å². The van der Waals surface area contributed by atoms with Gasteiger partial charge in [-0.15, -0.1) is 0 Å². The second-order valence-electron chi connectivity index (χ2n) is 6.23. The monoisotopic (exact) mass is 312 g/mol. The Morgan fingerprint density at radius 1 is 1.10 bits per heavy atom. The van der Waals surface area contributed by atoms with Gasteiger partial charge in [0.1, 0.15) is 0 Å². The van der Waals surface area contributed by atoms with Gasteiger partial charge in [0, 0.05) is 31.7 Å². The molecule has 1 heterocycles. The number of benzene rings is 1. The van der Waals surface area contributed by atoms with Gasteiger partial charge in [-0.1, -0.05) is 48.5 Å². The molecule has 1 spiro atoms. The van der Waals surface area contributed by atoms with Crippen LogP contribution in [0.2, 0.25) is 10.0 Å². The molecule has 1 saturated heterocycles. The normalized spacial score (nSPS) is 23.1. The van der Waals surface area contributed by atoms with Crippen molar-refractivity contribution in [2.45, 2.75) is 44.2 Å². The third-order valence-corrected chi connectivity index (χ3v) is 5.39. The molecule has 0 aromatic heterocycles. The van der Waals surface area contributed by atoms with Crippen molar-refractivity contribution in [1.29, 1.82) is 0 Å². The van der Waals surface area contributed by atoms with Crippen LogP contribution in [0.25, 0.3) is 0 Å². The lowest BCUT2D eigenvalue weighted by atomic mass is 9.80. The Morgan fingerprint density at radius 2 is 1.90 bits per heavy atom. The topological polar surface area (TPSA) is 15.3 Å². The standard InChI is InChI=1S/C16H22Cl2N2/c17-14-5-4-13(10-15(14)18)11-20-9-8-19-16(12-20)6-2-1-3-7-16/h4-5,10,19H,1-3,6-9,11-12H2. The van der Waals surface area contributed by atoms with Gasteiger partial charge in [0.2, 0.25) is 0 Å². The van der Waals surface area contributed by atoms with Gasteiger partial charge in [0.05, 0.1) is 10.0 Å². The van der Waals surface area contributed by atoms with Crippen molar-refractivity contribution in [2.24, 2.45) is 0 Å². The zero-order valence-corrected chi connectivity index (χ0v) is 13.3. The van der Waals surface area contributed by atoms with E-state index in [9.17, 15) is 0 Å². The number of hydrogen-bond acceptors (Lipinski definition) is 2. The van der Waals surface area contributed by atoms with Crippen LogP contribution in [0.4, 0.5) is 0 Å². The number of hydrogen-bond donors (Lipinski definition) is 1. The molecule has 1 aliphatic carbocycles. The van der Waals surface area contributed by atoms with Crippen molar-refractivity contribution >= 4 is 23.2 Å². The van der Waals surface area contributed by atoms with Crippen LogP contribution >= 0.6 is 23.2 Å². The molecule has 20 heavy (non-hydrogen) atoms. The highest BCUT2D eigenvalue weighted by Gasteiger charge is 2.35. The van der Waals surface area contributed by atoms with E-state index < -0.39 is 0 Å². The van der Waals surface area contributed by atoms with Gasteiger partial charge in [-0.2, -0.15) is 0 Å². The van der Waals surface area contributed by atoms with Crippen molar-refractivity contribution in [1.82, 2.24) is 10.2 Å². The summed E-state index contributed by atoms with van der Waals surface area (Å²) in [4.78, 5) is 2.56. The maximum Gasteiger partial charge on any atom is 0.0595 e. The van der Waals surface area contributed by atoms with E-state index in [4.69, 9.17) is 23.2 Å². The average Bonchev–Trinajstić information content (AvgIpc) is 2.44. The Kier molecular flexibility index (Phi) is 4.56. The van der Waals surface area contributed by atoms with Crippen LogP contribution < -0.4 is 5.32 Å². The van der Waals surface area contributed by atoms with Crippen LogP contribution in [-0.4, -0.2) is 30.1 Å². The molecule has 1 saturated carbocycles. The van der Waals surface area contributed by atoms with Crippen LogP contribution in [0.3, 0.4) is 0 Å². The first-order chi connectivity index (χ1) is 9.67. The largest absolute Gasteiger partial charge is 0.309 e. The van der Waals surface area contributed by atoms with Crippen LogP contribution in [-0.2, 0) is 6.54 Å². The molecule has 3 rings (SSSR count). The molecule has 0 atom stereocenters. The van der Waals surface area contributed by atoms with Gasteiger partial charge >= 0.3 is 0 Å². The molecule has 0 bridgehead atoms. The number of nitrogens with zero attached hydrogens (tertiary/aromatic N) is 1. The molecular formula is C16H22Cl2N2. The summed E-state index contributed by atoms with van der Waals surface area (Å²) in [5.74, 6) is 0. The molecule has 4 heteroatoms. The van der Waals surface area contributed by atoms with E-state index in [0.29, 0.717) is 15.6 Å². The van der Waals surface area contributed by atoms with E-state index in [1.165, 1.54) is 37.7 Å². The first kappa shape index (κ1) is 14.6. The number of halogens is 2. The van der Waals surface area contributed by atoms with Crippen molar-refractivity contribution in [2.75, 3.05) is 19.6 Å². The molecule has 1 aromatic carbocycles. The molecule has 2 aliphatic rings. The van der Waals surface area contributed by atoms with E-state index in [1.54, 1.807) is 0 Å². The highest BCUT2D eigenvalue weighted by Crippen LogP contribution is 2.31. The Labute approximate surface area is 131 Å². The molecule has 1 N–H and O–H groups in total. The maximum atomic E-state index is 6.11. The minimum atomic E-state index is 0.368. The van der Waals surface area contributed by atoms with Crippen molar-refractivity contribution in [3.05, 3.63) is 33.8 Å². The van der Waals surface area contributed by atoms with Gasteiger partial charge in [-0.3, -0.25) is 4.90 Å². The lowest BCUT2D eigenvalue weighted by Crippen LogP contribution is -2.60. The quantitative estimate of drug-likeness (QED) is 0.884. The van der Waals surface area contributed by atoms with Gasteiger partial charge in [0.25, 0.3) is 0 Å². The second kappa shape index (κ2) is 6.23. The number of rotatable bonds is 2. The minimum Gasteiger partial charge on any atom is -0.309 e. The molecule has 2 fully saturated rings. The summed E-state index contributed by atoms with van der Waals surface area (Å²) in [6, 6.07) is 5.99. The lowest BCUT2D eigenvalue weighted by Gasteiger charge is -2.46. The average molecular weight is 313 g/mol. The molecule has 0 radical (unpaired) electrons. The molecule has 0 amide bonds. The van der Waals surface area contributed by atoms with E-state index in [1.807, 2.05) is 12.1 Å². The van der Waals surface area contributed by atoms with E-state index in [-0.39, 0.29) is 0 Å². The zero-order valence-electron chi connectivity index (χ0n) is 11.8. The summed E-state index contributed by atoms with van der Waals surface area (Å²) in [5, 5.41) is 5.08. The number of piperazine rings is 1. The highest BCUT2D eigenvalue weighted by molar-refractivity contribution is 6.42. The summed E-state index contributed by atoms with van der Waals surface area (Å²) in [6.45, 7) is 4.34. The minimum absolute atomic E-state index is 0.368. The fraction of sp³-hybridized carbons (Fsp3) is 0.625. The fourth-order valence-corrected chi connectivity index (χ4v) is 3.96. The molecule has 0 unspecified atom stereocenters. The molecule has 2 nitrogen and oxygen atoms in total. The predicted octanol–water partition coefficient (Wildman–Crippen LogP) is 4.10. The Hall–Kier alpha value is -0.280. The van der Waals surface area contributed by atoms with E-state index >= 15 is 0 Å². The van der Waals surface area contributed by atoms with Crippen LogP contribution in [0.15, 0.2) is 18.2 Å². The third-order valence-electron chi connectivity index (χ3n) is 4.66. The van der Waals surface area contributed by atoms with Gasteiger partial charge in [-0.05, 0) is 30.5 Å². The summed E-state index contributed by atoms with van der Waals surface area (Å²) in [5.41, 5.74) is 1.62. The van der Waals surface area contributed by atoms with Crippen LogP contribution in [0.5, 0.6) is 0 Å². The predicted molar refractivity (Wildman–Crippen MR) is 85.6 cm³/mol. The van der Waals surface area contributed by atoms with E-state index in [2.05, 4.69) is 16.3 Å². The Morgan fingerprint density at radius 3 is 2.65 bits per heavy atom. The van der Waals surface area contributed by atoms with Gasteiger partial charge in [-0.25, -0.2) is 0 Å². The molecule has 110 valence electrons. The first-order valence-corrected chi connectivity index (χ1v) is 8.34. The molecule has 1 aromatic rings. The van der Waals surface area contributed by atoms with Crippen molar-refractivity contribution in [3.8, 4) is 0 Å². The second-order valence-corrected chi connectivity index (χ2v) is 7.04. The van der Waals surface area contributed by atoms with Crippen molar-refractivity contribution in [3.63, 3.8) is 0 Å². The summed E-state index contributed by atoms with van der Waals surface area (Å²) in [6.07, 6.45) is 6.78. The van der Waals surface area contributed by atoms with Crippen LogP contribution in [0.1, 0.15) is 37.7 Å². The lowest BCUT2D eigenvalue weighted by molar-refractivity contribution is 0.0945. The van der Waals surface area contributed by atoms with Crippen LogP contribution in [0, 0.1) is 0 Å². The van der Waals surface area contributed by atoms with Crippen molar-refractivity contribution < 1.29 is 0 Å². The highest BCUT2D eigenvalue weighted by atomic mass is 35.5. The SMILES string of the molecule is Clc1ccc(CN2CCNC3(CCCCC3)C2)cc1Cl. The summed E-state index contributed by atoms with van der Waals surface area (Å²) in [7, 11) is 0. The fourth-order valence-electron chi connectivity index (χ4n) is 3.64. The Balaban J connectivity index is 1.66. The molecule has 1 aliphatic heterocycles. The molecular weight excluding hydrogens is 291 g/mol. The summed E-state index contributed by atoms with van der Waals surface area (Å²) >= 11 is 12.1. The van der Waals surface area contributed by atoms with E-state index in [0.717, 1.165) is 26.2 Å². The zero-order chi connectivity index (χ0) is 14.0. The van der Waals surface area contributed by atoms with Gasteiger partial charge < -0.3 is 5.32 Å². The maximum absolute atomic E-state index is 6.11.